The van der Waals surface area contributed by atoms with E-state index in [4.69, 9.17) is 128 Å². The Kier molecular flexibility index (Phi) is 38.7. The first-order chi connectivity index (χ1) is 58.0. The second-order valence-electron chi connectivity index (χ2n) is 28.5. The highest BCUT2D eigenvalue weighted by Gasteiger charge is 2.64. The molecule has 0 aliphatic carbocycles. The SMILES string of the molecule is CC(=O)N[C@@H]1[C@H](O[C@@H]2[C@@H](O[C@@H]3[C@H](OC(C)=O)[C@H](O[C@H]4[C@H](OC(C)=O)[C@@H](NC(C)=O)[C@@H](O)O[C@@H]4COC(C)=O)O[C@H](CO[C@H]4O[C@H](COC(C)=O)[C@@H](OC(C)=O)[C@H](OC(C)=O)[C@@H]4O[C@@H]4O[C@H](COC(C)=O)[C@@H](OC(C)=O)[C@H](OC(C)=O)[C@H]4NC(C)=O)[C@H]3OC(C)=O)O[C@H](COC(C)=O)[C@@H](OC(C)=O)[C@@H]2OC(C)=O)O[C@H](COC(C)=O)[C@@H](OC(C)=O)[C@@H]1OC(C)=O. The Morgan fingerprint density at radius 2 is 0.419 bits per heavy atom. The van der Waals surface area contributed by atoms with Crippen LogP contribution in [0.15, 0.2) is 0 Å². The van der Waals surface area contributed by atoms with Crippen LogP contribution < -0.4 is 16.0 Å². The minimum Gasteiger partial charge on any atom is -0.463 e. The summed E-state index contributed by atoms with van der Waals surface area (Å²) in [5, 5.41) is 19.0. The number of nitrogens with one attached hydrogen (secondary N) is 3. The highest BCUT2D eigenvalue weighted by atomic mass is 16.8. The van der Waals surface area contributed by atoms with Gasteiger partial charge in [0.05, 0.1) is 6.61 Å². The molecule has 0 radical (unpaired) electrons. The van der Waals surface area contributed by atoms with Crippen LogP contribution in [0.4, 0.5) is 0 Å². The molecular weight excluding hydrogens is 1680 g/mol. The third-order valence-corrected chi connectivity index (χ3v) is 18.0. The summed E-state index contributed by atoms with van der Waals surface area (Å²) in [6, 6.07) is -5.77. The smallest absolute Gasteiger partial charge is 0.303 e. The molecule has 6 aliphatic heterocycles. The van der Waals surface area contributed by atoms with Crippen LogP contribution in [-0.2, 0) is 219 Å². The number of aliphatic hydroxyl groups excluding tert-OH is 1. The third-order valence-electron chi connectivity index (χ3n) is 18.0. The number of rotatable bonds is 35. The average Bonchev–Trinajstić information content (AvgIpc) is 0.751. The molecule has 0 spiro atoms. The summed E-state index contributed by atoms with van der Waals surface area (Å²) in [7, 11) is 0. The Labute approximate surface area is 706 Å². The van der Waals surface area contributed by atoms with Crippen LogP contribution in [0.1, 0.15) is 132 Å². The lowest BCUT2D eigenvalue weighted by molar-refractivity contribution is -0.394. The van der Waals surface area contributed by atoms with Crippen molar-refractivity contribution in [2.75, 3.05) is 39.6 Å². The van der Waals surface area contributed by atoms with Crippen LogP contribution in [-0.4, -0.2) is 342 Å². The summed E-state index contributed by atoms with van der Waals surface area (Å²) in [5.41, 5.74) is 0. The molecule has 50 nitrogen and oxygen atoms in total. The first-order valence-electron chi connectivity index (χ1n) is 38.2. The van der Waals surface area contributed by atoms with Crippen molar-refractivity contribution in [1.82, 2.24) is 16.0 Å². The van der Waals surface area contributed by atoms with Gasteiger partial charge in [-0.1, -0.05) is 0 Å². The van der Waals surface area contributed by atoms with Gasteiger partial charge in [-0.15, -0.1) is 0 Å². The van der Waals surface area contributed by atoms with Gasteiger partial charge in [-0.2, -0.15) is 0 Å². The summed E-state index contributed by atoms with van der Waals surface area (Å²) in [5.74, 6) is -20.9. The van der Waals surface area contributed by atoms with Crippen molar-refractivity contribution in [1.29, 1.82) is 0 Å². The van der Waals surface area contributed by atoms with E-state index < -0.39 is 337 Å². The zero-order valence-electron chi connectivity index (χ0n) is 70.8. The zero-order valence-corrected chi connectivity index (χ0v) is 70.8. The fourth-order valence-corrected chi connectivity index (χ4v) is 14.0. The predicted octanol–water partition coefficient (Wildman–Crippen LogP) is -4.54. The van der Waals surface area contributed by atoms with Crippen LogP contribution in [0.25, 0.3) is 0 Å². The molecule has 0 aromatic heterocycles. The van der Waals surface area contributed by atoms with Crippen LogP contribution in [0, 0.1) is 0 Å². The Morgan fingerprint density at radius 1 is 0.210 bits per heavy atom. The highest BCUT2D eigenvalue weighted by molar-refractivity contribution is 5.76. The molecule has 0 saturated carbocycles. The Bertz CT molecular complexity index is 3860. The van der Waals surface area contributed by atoms with Crippen LogP contribution in [0.3, 0.4) is 0 Å². The van der Waals surface area contributed by atoms with E-state index in [-0.39, 0.29) is 0 Å². The highest BCUT2D eigenvalue weighted by Crippen LogP contribution is 2.42. The number of hydrogen-bond donors (Lipinski definition) is 4. The van der Waals surface area contributed by atoms with Gasteiger partial charge < -0.3 is 149 Å². The van der Waals surface area contributed by atoms with Crippen molar-refractivity contribution < 1.29 is 224 Å². The van der Waals surface area contributed by atoms with E-state index in [1.165, 1.54) is 0 Å². The van der Waals surface area contributed by atoms with Gasteiger partial charge in [-0.25, -0.2) is 0 Å². The summed E-state index contributed by atoms with van der Waals surface area (Å²) >= 11 is 0. The van der Waals surface area contributed by atoms with Gasteiger partial charge in [-0.3, -0.25) is 91.1 Å². The Hall–Kier alpha value is -10.5. The molecule has 6 heterocycles. The van der Waals surface area contributed by atoms with Gasteiger partial charge in [-0.05, 0) is 0 Å². The van der Waals surface area contributed by atoms with Crippen molar-refractivity contribution >= 4 is 113 Å². The number of aliphatic hydroxyl groups is 1. The van der Waals surface area contributed by atoms with E-state index >= 15 is 0 Å². The molecule has 6 saturated heterocycles. The van der Waals surface area contributed by atoms with Gasteiger partial charge in [0, 0.05) is 132 Å². The molecule has 124 heavy (non-hydrogen) atoms. The van der Waals surface area contributed by atoms with Crippen LogP contribution in [0.5, 0.6) is 0 Å². The maximum atomic E-state index is 14.3. The van der Waals surface area contributed by atoms with E-state index in [2.05, 4.69) is 16.0 Å². The van der Waals surface area contributed by atoms with Crippen LogP contribution in [0.2, 0.25) is 0 Å². The Morgan fingerprint density at radius 3 is 0.726 bits per heavy atom. The molecule has 4 N–H and O–H groups in total. The molecule has 50 heteroatoms. The van der Waals surface area contributed by atoms with Gasteiger partial charge in [0.1, 0.15) is 100.0 Å². The van der Waals surface area contributed by atoms with Crippen LogP contribution >= 0.6 is 0 Å². The average molecular weight is 1790 g/mol. The number of ether oxygens (including phenoxy) is 27. The van der Waals surface area contributed by atoms with E-state index in [0.29, 0.717) is 0 Å². The van der Waals surface area contributed by atoms with Gasteiger partial charge in [0.2, 0.25) is 17.7 Å². The fourth-order valence-electron chi connectivity index (χ4n) is 14.0. The van der Waals surface area contributed by atoms with Crippen molar-refractivity contribution in [2.24, 2.45) is 0 Å². The van der Waals surface area contributed by atoms with E-state index in [0.717, 1.165) is 132 Å². The first-order valence-corrected chi connectivity index (χ1v) is 38.2. The number of carbonyl (C=O) groups is 19. The monoisotopic (exact) mass is 1790 g/mol. The summed E-state index contributed by atoms with van der Waals surface area (Å²) in [6.45, 7) is 11.1. The lowest BCUT2D eigenvalue weighted by Gasteiger charge is -2.52. The predicted molar refractivity (Wildman–Crippen MR) is 387 cm³/mol. The number of esters is 16. The molecule has 6 aliphatic rings. The molecule has 30 atom stereocenters. The fraction of sp³-hybridized carbons (Fsp3) is 0.743. The van der Waals surface area contributed by atoms with Crippen molar-refractivity contribution in [3.63, 3.8) is 0 Å². The maximum Gasteiger partial charge on any atom is 0.303 e. The van der Waals surface area contributed by atoms with E-state index in [9.17, 15) is 96.2 Å². The first kappa shape index (κ1) is 102. The van der Waals surface area contributed by atoms with Gasteiger partial charge in [0.15, 0.2) is 117 Å². The molecule has 6 rings (SSSR count). The summed E-state index contributed by atoms with van der Waals surface area (Å²) in [4.78, 5) is 252. The molecular formula is C74H103N3O47. The molecule has 6 fully saturated rings. The minimum atomic E-state index is -2.59. The second-order valence-corrected chi connectivity index (χ2v) is 28.5. The molecule has 0 unspecified atom stereocenters. The van der Waals surface area contributed by atoms with Crippen molar-refractivity contribution in [2.45, 2.75) is 316 Å². The topological polar surface area (TPSA) is 630 Å². The molecule has 0 bridgehead atoms. The quantitative estimate of drug-likeness (QED) is 0.0343. The summed E-state index contributed by atoms with van der Waals surface area (Å²) in [6.07, 6.45) is -58.4. The Balaban J connectivity index is 1.76. The number of amides is 3. The number of carbonyl (C=O) groups excluding carboxylic acids is 19. The zero-order chi connectivity index (χ0) is 92.7. The van der Waals surface area contributed by atoms with Gasteiger partial charge >= 0.3 is 95.5 Å². The van der Waals surface area contributed by atoms with Crippen molar-refractivity contribution in [3.8, 4) is 0 Å². The molecule has 696 valence electrons. The lowest BCUT2D eigenvalue weighted by Crippen LogP contribution is -2.71. The van der Waals surface area contributed by atoms with E-state index in [1.54, 1.807) is 0 Å². The third kappa shape index (κ3) is 30.4. The molecule has 0 aromatic rings. The molecule has 0 aromatic carbocycles. The molecule has 3 amide bonds. The van der Waals surface area contributed by atoms with E-state index in [1.807, 2.05) is 0 Å². The standard InChI is InChI=1S/C74H103N3O47/c1-26(78)75-51-60(109-39(14)91)56(45(115-69(51)97)20-98-29(4)81)121-73-67(114-44(19)96)65(122-74-68(64(113-43(18)95)58(107-37(12)89)49(119-74)24-102-33(8)85)124-71-53(77-28(3)80)62(111-41(16)93)55(105-35(10)87)47(117-71)22-100-31(6)83)59(108-38(13)90)50(120-73)25-103-72-66(63(112-42(17)94)57(106-36(11)88)48(118-72)23-101-32(7)84)123-70-52(76-27(2)79)61(110-40(15)92)54(104-34(9)86)46(116-70)21-99-30(5)82/h45-74,97H,20-25H2,1-19H3,(H,75,78)(H,76,79)(H,77,80)/t45-,46-,47-,48-,49-,50-,51-,52-,53+,54-,55-,56-,57-,58-,59-,60-,61-,62-,63+,64+,65+,66+,67+,68+,69+,70+,71+,72+,73+,74-/m1/s1. The summed E-state index contributed by atoms with van der Waals surface area (Å²) < 4.78 is 163. The van der Waals surface area contributed by atoms with Gasteiger partial charge in [0.25, 0.3) is 0 Å². The lowest BCUT2D eigenvalue weighted by atomic mass is 9.94. The second kappa shape index (κ2) is 47.0. The number of hydrogen-bond acceptors (Lipinski definition) is 47. The normalized spacial score (nSPS) is 33.1. The largest absolute Gasteiger partial charge is 0.463 e. The van der Waals surface area contributed by atoms with Crippen molar-refractivity contribution in [3.05, 3.63) is 0 Å². The maximum absolute atomic E-state index is 14.3. The minimum absolute atomic E-state index is 0.781.